The highest BCUT2D eigenvalue weighted by atomic mass is 16.5. The number of hydrogen-bond acceptors (Lipinski definition) is 4. The summed E-state index contributed by atoms with van der Waals surface area (Å²) in [6.07, 6.45) is 7.07. The van der Waals surface area contributed by atoms with Crippen molar-refractivity contribution in [1.29, 1.82) is 0 Å². The van der Waals surface area contributed by atoms with Crippen LogP contribution in [-0.4, -0.2) is 27.3 Å². The van der Waals surface area contributed by atoms with Crippen LogP contribution in [0, 0.1) is 0 Å². The average molecular weight is 295 g/mol. The Bertz CT molecular complexity index is 810. The molecule has 2 aliphatic heterocycles. The normalized spacial score (nSPS) is 27.5. The van der Waals surface area contributed by atoms with Gasteiger partial charge in [0.1, 0.15) is 0 Å². The highest BCUT2D eigenvalue weighted by Crippen LogP contribution is 2.40. The van der Waals surface area contributed by atoms with E-state index in [-0.39, 0.29) is 0 Å². The van der Waals surface area contributed by atoms with Crippen molar-refractivity contribution in [3.63, 3.8) is 0 Å². The van der Waals surface area contributed by atoms with Crippen LogP contribution in [0.1, 0.15) is 37.5 Å². The SMILES string of the molecule is c1cc2ccc(-c3noc(C4C[C@H]5CC[C@@H](C4)O5)n3)cc2[nH]1. The Balaban J connectivity index is 1.45. The van der Waals surface area contributed by atoms with Crippen LogP contribution in [0.5, 0.6) is 0 Å². The van der Waals surface area contributed by atoms with Gasteiger partial charge >= 0.3 is 0 Å². The van der Waals surface area contributed by atoms with Gasteiger partial charge in [0.15, 0.2) is 0 Å². The summed E-state index contributed by atoms with van der Waals surface area (Å²) in [5.41, 5.74) is 2.08. The van der Waals surface area contributed by atoms with Crippen LogP contribution in [-0.2, 0) is 4.74 Å². The lowest BCUT2D eigenvalue weighted by Crippen LogP contribution is -2.23. The maximum atomic E-state index is 5.89. The van der Waals surface area contributed by atoms with Gasteiger partial charge in [0.25, 0.3) is 0 Å². The first kappa shape index (κ1) is 12.4. The van der Waals surface area contributed by atoms with E-state index in [4.69, 9.17) is 9.26 Å². The standard InChI is InChI=1S/C17H17N3O2/c1-2-11(9-15-10(1)5-6-18-15)16-19-17(22-20-16)12-7-13-3-4-14(8-12)21-13/h1-2,5-6,9,12-14,18H,3-4,7-8H2/t12?,13-,14+. The first-order valence-electron chi connectivity index (χ1n) is 7.92. The second kappa shape index (κ2) is 4.68. The van der Waals surface area contributed by atoms with E-state index in [9.17, 15) is 0 Å². The Morgan fingerprint density at radius 2 is 1.95 bits per heavy atom. The van der Waals surface area contributed by atoms with Crippen LogP contribution >= 0.6 is 0 Å². The molecule has 0 aliphatic carbocycles. The van der Waals surface area contributed by atoms with E-state index in [0.717, 1.165) is 29.8 Å². The lowest BCUT2D eigenvalue weighted by molar-refractivity contribution is -0.00849. The monoisotopic (exact) mass is 295 g/mol. The molecule has 4 heterocycles. The zero-order valence-corrected chi connectivity index (χ0v) is 12.2. The summed E-state index contributed by atoms with van der Waals surface area (Å²) in [6, 6.07) is 8.24. The molecule has 0 saturated carbocycles. The first-order chi connectivity index (χ1) is 10.8. The highest BCUT2D eigenvalue weighted by molar-refractivity contribution is 5.83. The maximum Gasteiger partial charge on any atom is 0.230 e. The Labute approximate surface area is 127 Å². The summed E-state index contributed by atoms with van der Waals surface area (Å²) in [7, 11) is 0. The van der Waals surface area contributed by atoms with E-state index in [0.29, 0.717) is 24.0 Å². The number of nitrogens with zero attached hydrogens (tertiary/aromatic N) is 2. The number of aromatic amines is 1. The zero-order chi connectivity index (χ0) is 14.5. The molecule has 5 nitrogen and oxygen atoms in total. The third-order valence-electron chi connectivity index (χ3n) is 4.89. The van der Waals surface area contributed by atoms with Crippen molar-refractivity contribution in [2.75, 3.05) is 0 Å². The fraction of sp³-hybridized carbons (Fsp3) is 0.412. The van der Waals surface area contributed by atoms with Crippen LogP contribution in [0.25, 0.3) is 22.3 Å². The van der Waals surface area contributed by atoms with Crippen molar-refractivity contribution in [2.24, 2.45) is 0 Å². The third-order valence-corrected chi connectivity index (χ3v) is 4.89. The third kappa shape index (κ3) is 1.96. The molecule has 0 spiro atoms. The molecule has 1 unspecified atom stereocenters. The summed E-state index contributed by atoms with van der Waals surface area (Å²) in [5.74, 6) is 1.79. The Hall–Kier alpha value is -2.14. The highest BCUT2D eigenvalue weighted by Gasteiger charge is 2.37. The molecule has 2 aromatic heterocycles. The number of benzene rings is 1. The molecule has 0 amide bonds. The van der Waals surface area contributed by atoms with Gasteiger partial charge in [-0.15, -0.1) is 0 Å². The number of fused-ring (bicyclic) bond motifs is 3. The minimum absolute atomic E-state index is 0.349. The van der Waals surface area contributed by atoms with Gasteiger partial charge < -0.3 is 14.2 Å². The average Bonchev–Trinajstić information content (AvgIpc) is 3.26. The van der Waals surface area contributed by atoms with Crippen LogP contribution in [0.3, 0.4) is 0 Å². The van der Waals surface area contributed by atoms with Crippen molar-refractivity contribution in [3.05, 3.63) is 36.4 Å². The first-order valence-corrected chi connectivity index (χ1v) is 7.92. The largest absolute Gasteiger partial charge is 0.375 e. The van der Waals surface area contributed by atoms with E-state index in [2.05, 4.69) is 33.3 Å². The van der Waals surface area contributed by atoms with E-state index in [1.165, 1.54) is 18.2 Å². The molecule has 22 heavy (non-hydrogen) atoms. The molecule has 3 aromatic rings. The molecule has 112 valence electrons. The maximum absolute atomic E-state index is 5.89. The number of rotatable bonds is 2. The summed E-state index contributed by atoms with van der Waals surface area (Å²) in [6.45, 7) is 0. The smallest absolute Gasteiger partial charge is 0.230 e. The summed E-state index contributed by atoms with van der Waals surface area (Å²) < 4.78 is 11.4. The van der Waals surface area contributed by atoms with Crippen molar-refractivity contribution >= 4 is 10.9 Å². The molecule has 0 radical (unpaired) electrons. The summed E-state index contributed by atoms with van der Waals surface area (Å²) in [5, 5.41) is 5.37. The Morgan fingerprint density at radius 1 is 1.09 bits per heavy atom. The molecule has 2 bridgehead atoms. The number of nitrogens with one attached hydrogen (secondary N) is 1. The van der Waals surface area contributed by atoms with E-state index in [1.54, 1.807) is 0 Å². The molecule has 1 N–H and O–H groups in total. The Morgan fingerprint density at radius 3 is 2.82 bits per heavy atom. The quantitative estimate of drug-likeness (QED) is 0.784. The molecule has 5 rings (SSSR count). The van der Waals surface area contributed by atoms with E-state index < -0.39 is 0 Å². The van der Waals surface area contributed by atoms with Gasteiger partial charge in [0.05, 0.1) is 12.2 Å². The minimum Gasteiger partial charge on any atom is -0.375 e. The molecule has 5 heteroatoms. The van der Waals surface area contributed by atoms with Crippen molar-refractivity contribution < 1.29 is 9.26 Å². The van der Waals surface area contributed by atoms with Crippen LogP contribution < -0.4 is 0 Å². The number of ether oxygens (including phenoxy) is 1. The Kier molecular flexibility index (Phi) is 2.64. The fourth-order valence-electron chi connectivity index (χ4n) is 3.76. The van der Waals surface area contributed by atoms with Crippen LogP contribution in [0.4, 0.5) is 0 Å². The summed E-state index contributed by atoms with van der Waals surface area (Å²) in [4.78, 5) is 7.86. The van der Waals surface area contributed by atoms with Crippen LogP contribution in [0.2, 0.25) is 0 Å². The molecular formula is C17H17N3O2. The van der Waals surface area contributed by atoms with Gasteiger partial charge in [-0.1, -0.05) is 17.3 Å². The van der Waals surface area contributed by atoms with Gasteiger partial charge in [-0.25, -0.2) is 0 Å². The molecule has 3 atom stereocenters. The molecule has 2 aliphatic rings. The lowest BCUT2D eigenvalue weighted by atomic mass is 9.95. The number of hydrogen-bond donors (Lipinski definition) is 1. The summed E-state index contributed by atoms with van der Waals surface area (Å²) >= 11 is 0. The van der Waals surface area contributed by atoms with Gasteiger partial charge in [0, 0.05) is 23.2 Å². The fourth-order valence-corrected chi connectivity index (χ4v) is 3.76. The van der Waals surface area contributed by atoms with Gasteiger partial charge in [-0.2, -0.15) is 4.98 Å². The van der Waals surface area contributed by atoms with Crippen molar-refractivity contribution in [2.45, 2.75) is 43.8 Å². The second-order valence-corrected chi connectivity index (χ2v) is 6.36. The molecular weight excluding hydrogens is 278 g/mol. The van der Waals surface area contributed by atoms with Gasteiger partial charge in [-0.05, 0) is 43.2 Å². The van der Waals surface area contributed by atoms with Gasteiger partial charge in [-0.3, -0.25) is 0 Å². The van der Waals surface area contributed by atoms with E-state index in [1.807, 2.05) is 12.3 Å². The topological polar surface area (TPSA) is 63.9 Å². The van der Waals surface area contributed by atoms with Crippen LogP contribution in [0.15, 0.2) is 35.0 Å². The lowest BCUT2D eigenvalue weighted by Gasteiger charge is -2.25. The minimum atomic E-state index is 0.349. The van der Waals surface area contributed by atoms with Crippen molar-refractivity contribution in [1.82, 2.24) is 15.1 Å². The molecule has 2 fully saturated rings. The molecule has 1 aromatic carbocycles. The van der Waals surface area contributed by atoms with Crippen molar-refractivity contribution in [3.8, 4) is 11.4 Å². The zero-order valence-electron chi connectivity index (χ0n) is 12.2. The number of aromatic nitrogens is 3. The molecule has 2 saturated heterocycles. The van der Waals surface area contributed by atoms with E-state index >= 15 is 0 Å². The number of H-pyrrole nitrogens is 1. The predicted molar refractivity (Wildman–Crippen MR) is 81.5 cm³/mol. The van der Waals surface area contributed by atoms with Gasteiger partial charge in [0.2, 0.25) is 11.7 Å². The second-order valence-electron chi connectivity index (χ2n) is 6.36. The predicted octanol–water partition coefficient (Wildman–Crippen LogP) is 3.64.